The molecule has 0 spiro atoms. The second kappa shape index (κ2) is 5.41. The van der Waals surface area contributed by atoms with E-state index in [2.05, 4.69) is 5.32 Å². The third-order valence-corrected chi connectivity index (χ3v) is 3.04. The Hall–Kier alpha value is -0.930. The van der Waals surface area contributed by atoms with Crippen LogP contribution in [0, 0.1) is 5.82 Å². The molecule has 0 aliphatic carbocycles. The molecule has 2 nitrogen and oxygen atoms in total. The van der Waals surface area contributed by atoms with Crippen molar-refractivity contribution in [3.8, 4) is 0 Å². The van der Waals surface area contributed by atoms with Crippen molar-refractivity contribution in [2.45, 2.75) is 31.9 Å². The molecule has 0 bridgehead atoms. The van der Waals surface area contributed by atoms with Gasteiger partial charge in [-0.2, -0.15) is 0 Å². The van der Waals surface area contributed by atoms with Gasteiger partial charge in [-0.3, -0.25) is 0 Å². The van der Waals surface area contributed by atoms with Crippen LogP contribution in [0.2, 0.25) is 0 Å². The van der Waals surface area contributed by atoms with Crippen LogP contribution >= 0.6 is 0 Å². The first-order valence-electron chi connectivity index (χ1n) is 5.46. The normalized spacial score (nSPS) is 13.8. The van der Waals surface area contributed by atoms with Gasteiger partial charge in [0.25, 0.3) is 0 Å². The Balaban J connectivity index is 2.78. The molecule has 0 aliphatic heterocycles. The van der Waals surface area contributed by atoms with Gasteiger partial charge >= 0.3 is 0 Å². The van der Waals surface area contributed by atoms with E-state index >= 15 is 0 Å². The van der Waals surface area contributed by atoms with Gasteiger partial charge < -0.3 is 10.1 Å². The summed E-state index contributed by atoms with van der Waals surface area (Å²) in [5.41, 5.74) is 0.700. The molecule has 1 atom stereocenters. The van der Waals surface area contributed by atoms with Gasteiger partial charge in [0, 0.05) is 13.2 Å². The summed E-state index contributed by atoms with van der Waals surface area (Å²) in [6, 6.07) is 6.84. The van der Waals surface area contributed by atoms with Crippen molar-refractivity contribution in [3.63, 3.8) is 0 Å². The fourth-order valence-corrected chi connectivity index (χ4v) is 1.74. The quantitative estimate of drug-likeness (QED) is 0.830. The maximum atomic E-state index is 13.0. The van der Waals surface area contributed by atoms with Crippen LogP contribution in [0.15, 0.2) is 24.3 Å². The Labute approximate surface area is 96.8 Å². The number of halogens is 1. The third kappa shape index (κ3) is 3.29. The summed E-state index contributed by atoms with van der Waals surface area (Å²) in [5.74, 6) is -0.192. The zero-order valence-electron chi connectivity index (χ0n) is 10.4. The second-order valence-corrected chi connectivity index (χ2v) is 4.48. The predicted octanol–water partition coefficient (Wildman–Crippen LogP) is 2.38. The maximum Gasteiger partial charge on any atom is 0.123 e. The monoisotopic (exact) mass is 225 g/mol. The van der Waals surface area contributed by atoms with E-state index in [-0.39, 0.29) is 17.5 Å². The molecule has 0 fully saturated rings. The van der Waals surface area contributed by atoms with Gasteiger partial charge in [-0.1, -0.05) is 12.1 Å². The zero-order valence-corrected chi connectivity index (χ0v) is 10.4. The maximum absolute atomic E-state index is 13.0. The summed E-state index contributed by atoms with van der Waals surface area (Å²) in [4.78, 5) is 0. The summed E-state index contributed by atoms with van der Waals surface area (Å²) >= 11 is 0. The lowest BCUT2D eigenvalue weighted by Crippen LogP contribution is -2.48. The predicted molar refractivity (Wildman–Crippen MR) is 64.0 cm³/mol. The Morgan fingerprint density at radius 2 is 2.12 bits per heavy atom. The van der Waals surface area contributed by atoms with Gasteiger partial charge in [-0.15, -0.1) is 0 Å². The molecule has 1 N–H and O–H groups in total. The van der Waals surface area contributed by atoms with Crippen LogP contribution in [0.1, 0.15) is 19.4 Å². The molecule has 0 radical (unpaired) electrons. The molecule has 3 heteroatoms. The van der Waals surface area contributed by atoms with Crippen molar-refractivity contribution in [1.29, 1.82) is 0 Å². The number of nitrogens with one attached hydrogen (secondary N) is 1. The number of hydrogen-bond donors (Lipinski definition) is 1. The van der Waals surface area contributed by atoms with Crippen molar-refractivity contribution in [2.75, 3.05) is 14.2 Å². The molecule has 0 amide bonds. The van der Waals surface area contributed by atoms with E-state index < -0.39 is 0 Å². The molecule has 90 valence electrons. The van der Waals surface area contributed by atoms with Crippen LogP contribution in [0.25, 0.3) is 0 Å². The summed E-state index contributed by atoms with van der Waals surface area (Å²) in [6.07, 6.45) is 0.745. The number of benzene rings is 1. The van der Waals surface area contributed by atoms with Crippen LogP contribution in [-0.2, 0) is 11.2 Å². The minimum Gasteiger partial charge on any atom is -0.377 e. The van der Waals surface area contributed by atoms with Gasteiger partial charge in [0.05, 0.1) is 5.60 Å². The van der Waals surface area contributed by atoms with Gasteiger partial charge in [-0.25, -0.2) is 4.39 Å². The lowest BCUT2D eigenvalue weighted by molar-refractivity contribution is -0.00799. The molecule has 0 aliphatic rings. The molecule has 0 saturated carbocycles. The standard InChI is InChI=1S/C13H20FNO/c1-13(2,16-4)12(15-3)9-10-6-5-7-11(14)8-10/h5-8,12,15H,9H2,1-4H3. The Bertz CT molecular complexity index is 338. The van der Waals surface area contributed by atoms with Crippen molar-refractivity contribution in [1.82, 2.24) is 5.32 Å². The minimum atomic E-state index is -0.277. The second-order valence-electron chi connectivity index (χ2n) is 4.48. The largest absolute Gasteiger partial charge is 0.377 e. The highest BCUT2D eigenvalue weighted by molar-refractivity contribution is 5.18. The Kier molecular flexibility index (Phi) is 4.44. The fraction of sp³-hybridized carbons (Fsp3) is 0.538. The van der Waals surface area contributed by atoms with Crippen molar-refractivity contribution < 1.29 is 9.13 Å². The number of methoxy groups -OCH3 is 1. The average Bonchev–Trinajstić information content (AvgIpc) is 2.25. The number of ether oxygens (including phenoxy) is 1. The highest BCUT2D eigenvalue weighted by atomic mass is 19.1. The highest BCUT2D eigenvalue weighted by Crippen LogP contribution is 2.18. The summed E-state index contributed by atoms with van der Waals surface area (Å²) in [5, 5.41) is 3.21. The number of likely N-dealkylation sites (N-methyl/N-ethyl adjacent to an activating group) is 1. The molecule has 0 aromatic heterocycles. The summed E-state index contributed by atoms with van der Waals surface area (Å²) in [6.45, 7) is 4.04. The SMILES string of the molecule is CNC(Cc1cccc(F)c1)C(C)(C)OC. The van der Waals surface area contributed by atoms with Crippen LogP contribution in [0.5, 0.6) is 0 Å². The highest BCUT2D eigenvalue weighted by Gasteiger charge is 2.27. The molecule has 0 heterocycles. The molecular formula is C13H20FNO. The summed E-state index contributed by atoms with van der Waals surface area (Å²) in [7, 11) is 3.58. The first-order valence-corrected chi connectivity index (χ1v) is 5.46. The molecule has 1 aromatic carbocycles. The lowest BCUT2D eigenvalue weighted by Gasteiger charge is -2.33. The lowest BCUT2D eigenvalue weighted by atomic mass is 9.92. The number of rotatable bonds is 5. The van der Waals surface area contributed by atoms with Crippen LogP contribution in [0.3, 0.4) is 0 Å². The fourth-order valence-electron chi connectivity index (χ4n) is 1.74. The number of hydrogen-bond acceptors (Lipinski definition) is 2. The third-order valence-electron chi connectivity index (χ3n) is 3.04. The van der Waals surface area contributed by atoms with Gasteiger partial charge in [0.1, 0.15) is 5.82 Å². The van der Waals surface area contributed by atoms with Crippen LogP contribution in [-0.4, -0.2) is 25.8 Å². The van der Waals surface area contributed by atoms with Crippen molar-refractivity contribution in [3.05, 3.63) is 35.6 Å². The zero-order chi connectivity index (χ0) is 12.2. The van der Waals surface area contributed by atoms with E-state index in [1.54, 1.807) is 19.2 Å². The molecule has 16 heavy (non-hydrogen) atoms. The van der Waals surface area contributed by atoms with E-state index in [0.717, 1.165) is 12.0 Å². The van der Waals surface area contributed by atoms with Crippen LogP contribution < -0.4 is 5.32 Å². The van der Waals surface area contributed by atoms with Crippen LogP contribution in [0.4, 0.5) is 4.39 Å². The molecule has 0 saturated heterocycles. The van der Waals surface area contributed by atoms with Crippen molar-refractivity contribution >= 4 is 0 Å². The summed E-state index contributed by atoms with van der Waals surface area (Å²) < 4.78 is 18.5. The Morgan fingerprint density at radius 3 is 2.62 bits per heavy atom. The molecule has 1 unspecified atom stereocenters. The molecular weight excluding hydrogens is 205 g/mol. The molecule has 1 rings (SSSR count). The van der Waals surface area contributed by atoms with Gasteiger partial charge in [0.2, 0.25) is 0 Å². The van der Waals surface area contributed by atoms with E-state index in [9.17, 15) is 4.39 Å². The van der Waals surface area contributed by atoms with Gasteiger partial charge in [0.15, 0.2) is 0 Å². The molecule has 1 aromatic rings. The topological polar surface area (TPSA) is 21.3 Å². The first kappa shape index (κ1) is 13.1. The van der Waals surface area contributed by atoms with Gasteiger partial charge in [-0.05, 0) is 45.0 Å². The van der Waals surface area contributed by atoms with E-state index in [4.69, 9.17) is 4.74 Å². The Morgan fingerprint density at radius 1 is 1.44 bits per heavy atom. The van der Waals surface area contributed by atoms with E-state index in [1.165, 1.54) is 6.07 Å². The average molecular weight is 225 g/mol. The van der Waals surface area contributed by atoms with Crippen molar-refractivity contribution in [2.24, 2.45) is 0 Å². The smallest absolute Gasteiger partial charge is 0.123 e. The first-order chi connectivity index (χ1) is 7.49. The van der Waals surface area contributed by atoms with E-state index in [1.807, 2.05) is 27.0 Å². The minimum absolute atomic E-state index is 0.152. The van der Waals surface area contributed by atoms with E-state index in [0.29, 0.717) is 0 Å².